The van der Waals surface area contributed by atoms with Gasteiger partial charge in [0.2, 0.25) is 5.91 Å². The molecule has 0 spiro atoms. The molecule has 8 heteroatoms. The highest BCUT2D eigenvalue weighted by Crippen LogP contribution is 2.09. The number of thiocarbonyl (C=S) groups is 1. The van der Waals surface area contributed by atoms with Gasteiger partial charge in [-0.3, -0.25) is 4.79 Å². The summed E-state index contributed by atoms with van der Waals surface area (Å²) < 4.78 is 1.53. The van der Waals surface area contributed by atoms with Gasteiger partial charge in [-0.1, -0.05) is 47.7 Å². The summed E-state index contributed by atoms with van der Waals surface area (Å²) in [6.45, 7) is 0.230. The van der Waals surface area contributed by atoms with Crippen molar-refractivity contribution >= 4 is 34.3 Å². The van der Waals surface area contributed by atoms with E-state index in [0.29, 0.717) is 11.5 Å². The van der Waals surface area contributed by atoms with Gasteiger partial charge < -0.3 is 16.0 Å². The number of nitrogens with zero attached hydrogens (tertiary/aromatic N) is 4. The summed E-state index contributed by atoms with van der Waals surface area (Å²) in [5, 5.41) is 11.5. The van der Waals surface area contributed by atoms with E-state index in [2.05, 4.69) is 15.6 Å². The van der Waals surface area contributed by atoms with Crippen LogP contribution in [0.4, 0.5) is 0 Å². The van der Waals surface area contributed by atoms with Crippen molar-refractivity contribution in [2.24, 2.45) is 5.73 Å². The maximum Gasteiger partial charge on any atom is 0.240 e. The predicted octanol–water partition coefficient (Wildman–Crippen LogP) is 1.14. The lowest BCUT2D eigenvalue weighted by molar-refractivity contribution is -0.131. The Kier molecular flexibility index (Phi) is 5.55. The molecule has 3 aromatic rings. The molecule has 0 saturated carbocycles. The van der Waals surface area contributed by atoms with Crippen molar-refractivity contribution in [1.82, 2.24) is 25.2 Å². The minimum atomic E-state index is -0.607. The van der Waals surface area contributed by atoms with Gasteiger partial charge in [-0.15, -0.1) is 5.10 Å². The Balaban J connectivity index is 1.56. The third-order valence-electron chi connectivity index (χ3n) is 4.00. The van der Waals surface area contributed by atoms with Crippen LogP contribution in [-0.4, -0.2) is 50.7 Å². The molecule has 0 saturated heterocycles. The molecule has 0 radical (unpaired) electrons. The first kappa shape index (κ1) is 18.0. The Labute approximate surface area is 156 Å². The molecule has 0 aliphatic rings. The number of carbonyl (C=O) groups is 1. The third kappa shape index (κ3) is 4.04. The standard InChI is InChI=1S/C18H20N6OS/c1-23(17(25)14(19)11-13-7-3-2-4-8-13)12-20-18(26)24-16-10-6-5-9-15(16)21-22-24/h2-10,14H,11-12,19H2,1H3,(H,20,26)/t14-/m0/s1. The summed E-state index contributed by atoms with van der Waals surface area (Å²) in [5.41, 5.74) is 8.63. The molecule has 134 valence electrons. The molecule has 3 N–H and O–H groups in total. The molecule has 1 aromatic heterocycles. The molecule has 0 fully saturated rings. The lowest BCUT2D eigenvalue weighted by atomic mass is 10.1. The fraction of sp³-hybridized carbons (Fsp3) is 0.222. The van der Waals surface area contributed by atoms with E-state index in [-0.39, 0.29) is 12.6 Å². The van der Waals surface area contributed by atoms with Crippen molar-refractivity contribution < 1.29 is 4.79 Å². The van der Waals surface area contributed by atoms with Crippen molar-refractivity contribution in [1.29, 1.82) is 0 Å². The summed E-state index contributed by atoms with van der Waals surface area (Å²) in [6.07, 6.45) is 0.488. The molecule has 2 aromatic carbocycles. The molecule has 0 bridgehead atoms. The van der Waals surface area contributed by atoms with E-state index in [4.69, 9.17) is 18.0 Å². The minimum Gasteiger partial charge on any atom is -0.343 e. The van der Waals surface area contributed by atoms with Crippen molar-refractivity contribution in [3.05, 3.63) is 60.2 Å². The van der Waals surface area contributed by atoms with E-state index in [1.54, 1.807) is 7.05 Å². The van der Waals surface area contributed by atoms with Crippen LogP contribution in [0.1, 0.15) is 5.56 Å². The average Bonchev–Trinajstić information content (AvgIpc) is 3.10. The van der Waals surface area contributed by atoms with Crippen LogP contribution in [0.5, 0.6) is 0 Å². The molecular weight excluding hydrogens is 348 g/mol. The van der Waals surface area contributed by atoms with Crippen molar-refractivity contribution in [3.8, 4) is 0 Å². The number of aromatic nitrogens is 3. The maximum absolute atomic E-state index is 12.4. The Morgan fingerprint density at radius 2 is 1.92 bits per heavy atom. The van der Waals surface area contributed by atoms with Gasteiger partial charge in [0.25, 0.3) is 0 Å². The molecule has 0 aliphatic carbocycles. The number of carbonyl (C=O) groups excluding carboxylic acids is 1. The van der Waals surface area contributed by atoms with E-state index in [9.17, 15) is 4.79 Å². The van der Waals surface area contributed by atoms with Gasteiger partial charge in [0.05, 0.1) is 18.2 Å². The van der Waals surface area contributed by atoms with Crippen molar-refractivity contribution in [2.75, 3.05) is 13.7 Å². The van der Waals surface area contributed by atoms with E-state index >= 15 is 0 Å². The van der Waals surface area contributed by atoms with Crippen molar-refractivity contribution in [2.45, 2.75) is 12.5 Å². The number of hydrogen-bond acceptors (Lipinski definition) is 5. The van der Waals surface area contributed by atoms with E-state index in [1.807, 2.05) is 54.6 Å². The first-order valence-corrected chi connectivity index (χ1v) is 8.60. The molecule has 3 rings (SSSR count). The van der Waals surface area contributed by atoms with E-state index in [1.165, 1.54) is 9.58 Å². The number of nitrogens with two attached hydrogens (primary N) is 1. The zero-order valence-electron chi connectivity index (χ0n) is 14.4. The molecule has 1 amide bonds. The average molecular weight is 368 g/mol. The number of amides is 1. The van der Waals surface area contributed by atoms with Crippen LogP contribution in [0.3, 0.4) is 0 Å². The predicted molar refractivity (Wildman–Crippen MR) is 104 cm³/mol. The highest BCUT2D eigenvalue weighted by atomic mass is 32.1. The summed E-state index contributed by atoms with van der Waals surface area (Å²) in [6, 6.07) is 16.6. The van der Waals surface area contributed by atoms with Gasteiger partial charge in [-0.25, -0.2) is 0 Å². The normalized spacial score (nSPS) is 11.9. The van der Waals surface area contributed by atoms with Gasteiger partial charge in [0.1, 0.15) is 5.52 Å². The Bertz CT molecular complexity index is 910. The monoisotopic (exact) mass is 368 g/mol. The zero-order chi connectivity index (χ0) is 18.5. The zero-order valence-corrected chi connectivity index (χ0v) is 15.2. The number of likely N-dealkylation sites (N-methyl/N-ethyl adjacent to an activating group) is 1. The molecule has 26 heavy (non-hydrogen) atoms. The molecule has 7 nitrogen and oxygen atoms in total. The van der Waals surface area contributed by atoms with Crippen LogP contribution in [-0.2, 0) is 11.2 Å². The van der Waals surface area contributed by atoms with Crippen LogP contribution in [0, 0.1) is 0 Å². The lowest BCUT2D eigenvalue weighted by Gasteiger charge is -2.22. The number of nitrogens with one attached hydrogen (secondary N) is 1. The van der Waals surface area contributed by atoms with Crippen LogP contribution in [0.25, 0.3) is 11.0 Å². The topological polar surface area (TPSA) is 89.1 Å². The molecule has 0 aliphatic heterocycles. The van der Waals surface area contributed by atoms with E-state index in [0.717, 1.165) is 16.6 Å². The Morgan fingerprint density at radius 3 is 2.69 bits per heavy atom. The fourth-order valence-electron chi connectivity index (χ4n) is 2.60. The summed E-state index contributed by atoms with van der Waals surface area (Å²) in [7, 11) is 1.68. The van der Waals surface area contributed by atoms with Gasteiger partial charge in [-0.05, 0) is 36.3 Å². The number of rotatable bonds is 5. The summed E-state index contributed by atoms with van der Waals surface area (Å²) >= 11 is 5.36. The maximum atomic E-state index is 12.4. The van der Waals surface area contributed by atoms with Crippen LogP contribution < -0.4 is 11.1 Å². The van der Waals surface area contributed by atoms with Crippen LogP contribution >= 0.6 is 12.2 Å². The second kappa shape index (κ2) is 8.03. The van der Waals surface area contributed by atoms with Crippen LogP contribution in [0.2, 0.25) is 0 Å². The number of para-hydroxylation sites is 1. The Hall–Kier alpha value is -2.84. The fourth-order valence-corrected chi connectivity index (χ4v) is 2.80. The highest BCUT2D eigenvalue weighted by molar-refractivity contribution is 7.80. The minimum absolute atomic E-state index is 0.160. The Morgan fingerprint density at radius 1 is 1.23 bits per heavy atom. The quantitative estimate of drug-likeness (QED) is 0.519. The number of hydrogen-bond donors (Lipinski definition) is 2. The highest BCUT2D eigenvalue weighted by Gasteiger charge is 2.19. The SMILES string of the molecule is CN(CNC(=S)n1nnc2ccccc21)C(=O)[C@@H](N)Cc1ccccc1. The summed E-state index contributed by atoms with van der Waals surface area (Å²) in [5.74, 6) is -0.160. The summed E-state index contributed by atoms with van der Waals surface area (Å²) in [4.78, 5) is 14.0. The van der Waals surface area contributed by atoms with E-state index < -0.39 is 6.04 Å². The second-order valence-electron chi connectivity index (χ2n) is 5.96. The lowest BCUT2D eigenvalue weighted by Crippen LogP contribution is -2.48. The molecule has 1 atom stereocenters. The largest absolute Gasteiger partial charge is 0.343 e. The van der Waals surface area contributed by atoms with Gasteiger partial charge >= 0.3 is 0 Å². The van der Waals surface area contributed by atoms with Crippen LogP contribution in [0.15, 0.2) is 54.6 Å². The molecule has 1 heterocycles. The number of fused-ring (bicyclic) bond motifs is 1. The number of benzene rings is 2. The van der Waals surface area contributed by atoms with Gasteiger partial charge in [0.15, 0.2) is 5.11 Å². The molecular formula is C18H20N6OS. The smallest absolute Gasteiger partial charge is 0.240 e. The molecule has 0 unspecified atom stereocenters. The second-order valence-corrected chi connectivity index (χ2v) is 6.35. The van der Waals surface area contributed by atoms with Crippen molar-refractivity contribution in [3.63, 3.8) is 0 Å². The van der Waals surface area contributed by atoms with Gasteiger partial charge in [0, 0.05) is 7.05 Å². The first-order chi connectivity index (χ1) is 12.6. The third-order valence-corrected chi connectivity index (χ3v) is 4.32. The van der Waals surface area contributed by atoms with Gasteiger partial charge in [-0.2, -0.15) is 4.68 Å². The first-order valence-electron chi connectivity index (χ1n) is 8.19.